The van der Waals surface area contributed by atoms with Crippen molar-refractivity contribution in [3.8, 4) is 0 Å². The number of nitro benzene ring substituents is 2. The van der Waals surface area contributed by atoms with Crippen molar-refractivity contribution in [1.29, 1.82) is 0 Å². The van der Waals surface area contributed by atoms with Gasteiger partial charge in [0, 0.05) is 12.1 Å². The Bertz CT molecular complexity index is 769. The van der Waals surface area contributed by atoms with Crippen molar-refractivity contribution in [2.75, 3.05) is 0 Å². The molecule has 130 valence electrons. The van der Waals surface area contributed by atoms with E-state index in [1.807, 2.05) is 0 Å². The van der Waals surface area contributed by atoms with E-state index in [1.54, 1.807) is 0 Å². The summed E-state index contributed by atoms with van der Waals surface area (Å²) in [6.45, 7) is 0. The highest BCUT2D eigenvalue weighted by atomic mass is 16.6. The van der Waals surface area contributed by atoms with Crippen LogP contribution in [0.4, 0.5) is 11.4 Å². The first-order valence-electron chi connectivity index (χ1n) is 8.59. The SMILES string of the molecule is O=C(OC1[C@@H]2C[C@@H]2[C@@H]2C[C@H]2[C@H]2C[C@@H]12)c1cc([N+](=O)[O-])cc([N+](=O)[O-])c1. The molecule has 1 aromatic rings. The molecule has 0 aromatic heterocycles. The van der Waals surface area contributed by atoms with Gasteiger partial charge in [-0.15, -0.1) is 0 Å². The molecule has 1 aromatic carbocycles. The Balaban J connectivity index is 1.39. The van der Waals surface area contributed by atoms with Crippen molar-refractivity contribution >= 4 is 17.3 Å². The van der Waals surface area contributed by atoms with Gasteiger partial charge in [0.15, 0.2) is 0 Å². The molecule has 0 heterocycles. The van der Waals surface area contributed by atoms with Gasteiger partial charge in [-0.05, 0) is 54.8 Å². The molecule has 0 bridgehead atoms. The number of non-ortho nitro benzene ring substituents is 2. The van der Waals surface area contributed by atoms with E-state index in [4.69, 9.17) is 4.74 Å². The number of nitro groups is 2. The summed E-state index contributed by atoms with van der Waals surface area (Å²) in [7, 11) is 0. The van der Waals surface area contributed by atoms with Crippen LogP contribution in [0.2, 0.25) is 0 Å². The first-order chi connectivity index (χ1) is 11.9. The second-order valence-corrected chi connectivity index (χ2v) is 7.81. The van der Waals surface area contributed by atoms with Crippen LogP contribution in [0.5, 0.6) is 0 Å². The van der Waals surface area contributed by atoms with Crippen LogP contribution in [0.15, 0.2) is 18.2 Å². The Morgan fingerprint density at radius 3 is 1.76 bits per heavy atom. The van der Waals surface area contributed by atoms with E-state index in [0.29, 0.717) is 23.7 Å². The van der Waals surface area contributed by atoms with Crippen LogP contribution >= 0.6 is 0 Å². The van der Waals surface area contributed by atoms with Gasteiger partial charge in [0.1, 0.15) is 6.10 Å². The van der Waals surface area contributed by atoms with Crippen LogP contribution in [0.25, 0.3) is 0 Å². The molecule has 4 fully saturated rings. The topological polar surface area (TPSA) is 113 Å². The van der Waals surface area contributed by atoms with Gasteiger partial charge in [-0.2, -0.15) is 0 Å². The lowest BCUT2D eigenvalue weighted by molar-refractivity contribution is -0.394. The summed E-state index contributed by atoms with van der Waals surface area (Å²) in [5, 5.41) is 22.0. The molecule has 5 rings (SSSR count). The number of benzene rings is 1. The first-order valence-corrected chi connectivity index (χ1v) is 8.59. The number of carbonyl (C=O) groups is 1. The number of rotatable bonds is 4. The minimum Gasteiger partial charge on any atom is -0.458 e. The minimum atomic E-state index is -0.739. The van der Waals surface area contributed by atoms with Crippen molar-refractivity contribution in [1.82, 2.24) is 0 Å². The van der Waals surface area contributed by atoms with Gasteiger partial charge >= 0.3 is 5.97 Å². The first kappa shape index (κ1) is 14.8. The molecule has 0 N–H and O–H groups in total. The monoisotopic (exact) mass is 344 g/mol. The van der Waals surface area contributed by atoms with E-state index in [2.05, 4.69) is 0 Å². The Labute approximate surface area is 142 Å². The molecule has 8 heteroatoms. The van der Waals surface area contributed by atoms with Crippen LogP contribution in [0.1, 0.15) is 29.6 Å². The summed E-state index contributed by atoms with van der Waals surface area (Å²) < 4.78 is 5.72. The highest BCUT2D eigenvalue weighted by Crippen LogP contribution is 2.72. The zero-order chi connectivity index (χ0) is 17.5. The summed E-state index contributed by atoms with van der Waals surface area (Å²) in [5.41, 5.74) is -1.07. The number of fused-ring (bicyclic) bond motifs is 5. The Hall–Kier alpha value is -2.51. The summed E-state index contributed by atoms with van der Waals surface area (Å²) in [6.07, 6.45) is 3.38. The van der Waals surface area contributed by atoms with Crippen LogP contribution in [-0.2, 0) is 4.74 Å². The van der Waals surface area contributed by atoms with E-state index >= 15 is 0 Å². The predicted octanol–water partition coefficient (Wildman–Crippen LogP) is 2.95. The van der Waals surface area contributed by atoms with E-state index in [-0.39, 0.29) is 11.7 Å². The van der Waals surface area contributed by atoms with E-state index < -0.39 is 27.2 Å². The van der Waals surface area contributed by atoms with Crippen molar-refractivity contribution in [2.24, 2.45) is 35.5 Å². The Morgan fingerprint density at radius 2 is 1.28 bits per heavy atom. The average Bonchev–Trinajstić information content (AvgIpc) is 3.42. The number of esters is 1. The molecule has 0 spiro atoms. The van der Waals surface area contributed by atoms with E-state index in [1.165, 1.54) is 6.42 Å². The summed E-state index contributed by atoms with van der Waals surface area (Å²) in [5.74, 6) is 3.06. The molecule has 8 nitrogen and oxygen atoms in total. The van der Waals surface area contributed by atoms with Gasteiger partial charge in [-0.1, -0.05) is 0 Å². The molecule has 4 saturated carbocycles. The second kappa shape index (κ2) is 4.77. The van der Waals surface area contributed by atoms with Gasteiger partial charge in [-0.3, -0.25) is 20.2 Å². The van der Waals surface area contributed by atoms with Crippen LogP contribution < -0.4 is 0 Å². The summed E-state index contributed by atoms with van der Waals surface area (Å²) in [4.78, 5) is 33.0. The molecule has 0 unspecified atom stereocenters. The second-order valence-electron chi connectivity index (χ2n) is 7.81. The lowest BCUT2D eigenvalue weighted by atomic mass is 10.1. The van der Waals surface area contributed by atoms with Crippen molar-refractivity contribution in [2.45, 2.75) is 25.4 Å². The van der Waals surface area contributed by atoms with Crippen LogP contribution in [-0.4, -0.2) is 21.9 Å². The molecule has 4 aliphatic carbocycles. The molecule has 0 saturated heterocycles. The fourth-order valence-electron chi connectivity index (χ4n) is 5.04. The number of hydrogen-bond acceptors (Lipinski definition) is 6. The van der Waals surface area contributed by atoms with Gasteiger partial charge in [0.05, 0.1) is 21.5 Å². The molecule has 25 heavy (non-hydrogen) atoms. The molecule has 0 aliphatic heterocycles. The van der Waals surface area contributed by atoms with Gasteiger partial charge in [0.2, 0.25) is 0 Å². The maximum absolute atomic E-state index is 12.5. The van der Waals surface area contributed by atoms with Gasteiger partial charge in [0.25, 0.3) is 11.4 Å². The number of hydrogen-bond donors (Lipinski definition) is 0. The van der Waals surface area contributed by atoms with Crippen LogP contribution in [0.3, 0.4) is 0 Å². The number of nitrogens with zero attached hydrogens (tertiary/aromatic N) is 2. The third kappa shape index (κ3) is 2.31. The molecule has 6 atom stereocenters. The lowest BCUT2D eigenvalue weighted by Crippen LogP contribution is -2.24. The van der Waals surface area contributed by atoms with Crippen molar-refractivity contribution < 1.29 is 19.4 Å². The molecule has 4 aliphatic rings. The average molecular weight is 344 g/mol. The van der Waals surface area contributed by atoms with E-state index in [0.717, 1.165) is 42.9 Å². The standard InChI is InChI=1S/C17H16N2O6/c20-17(7-1-8(18(21)22)3-9(2-7)19(23)24)25-16-14-5-12(14)10-4-11(10)13-6-15(13)16/h1-3,10-16H,4-6H2/t10-,11-,12-,13-,14-,15-/m1/s1. The highest BCUT2D eigenvalue weighted by Gasteiger charge is 2.69. The Kier molecular flexibility index (Phi) is 2.82. The minimum absolute atomic E-state index is 0.121. The lowest BCUT2D eigenvalue weighted by Gasteiger charge is -2.17. The maximum atomic E-state index is 12.5. The van der Waals surface area contributed by atoms with E-state index in [9.17, 15) is 25.0 Å². The third-order valence-electron chi connectivity index (χ3n) is 6.42. The predicted molar refractivity (Wildman–Crippen MR) is 83.7 cm³/mol. The zero-order valence-electron chi connectivity index (χ0n) is 13.2. The molecular formula is C17H16N2O6. The summed E-state index contributed by atoms with van der Waals surface area (Å²) >= 11 is 0. The zero-order valence-corrected chi connectivity index (χ0v) is 13.2. The van der Waals surface area contributed by atoms with Crippen molar-refractivity contribution in [3.63, 3.8) is 0 Å². The fourth-order valence-corrected chi connectivity index (χ4v) is 5.04. The normalized spacial score (nSPS) is 39.1. The quantitative estimate of drug-likeness (QED) is 0.471. The molecule has 0 radical (unpaired) electrons. The van der Waals surface area contributed by atoms with Gasteiger partial charge < -0.3 is 4.74 Å². The maximum Gasteiger partial charge on any atom is 0.338 e. The number of ether oxygens (including phenoxy) is 1. The molecular weight excluding hydrogens is 328 g/mol. The number of carbonyl (C=O) groups excluding carboxylic acids is 1. The third-order valence-corrected chi connectivity index (χ3v) is 6.42. The van der Waals surface area contributed by atoms with Crippen LogP contribution in [0, 0.1) is 55.7 Å². The Morgan fingerprint density at radius 1 is 0.840 bits per heavy atom. The summed E-state index contributed by atoms with van der Waals surface area (Å²) in [6, 6.07) is 2.96. The van der Waals surface area contributed by atoms with Gasteiger partial charge in [-0.25, -0.2) is 4.79 Å². The van der Waals surface area contributed by atoms with Crippen molar-refractivity contribution in [3.05, 3.63) is 44.0 Å². The molecule has 0 amide bonds. The fraction of sp³-hybridized carbons (Fsp3) is 0.588. The highest BCUT2D eigenvalue weighted by molar-refractivity contribution is 5.91. The smallest absolute Gasteiger partial charge is 0.338 e. The largest absolute Gasteiger partial charge is 0.458 e.